The van der Waals surface area contributed by atoms with Crippen LogP contribution < -0.4 is 15.1 Å². The zero-order valence-corrected chi connectivity index (χ0v) is 17.1. The maximum Gasteiger partial charge on any atom is 0.163 e. The Hall–Kier alpha value is -3.15. The van der Waals surface area contributed by atoms with Gasteiger partial charge in [-0.3, -0.25) is 0 Å². The SMILES string of the molecule is CCC(C)Nc1cc(N2CCN(c3ccccn3)CC2)nc(-c2ccccc2)n1. The highest BCUT2D eigenvalue weighted by atomic mass is 15.3. The molecule has 0 spiro atoms. The van der Waals surface area contributed by atoms with E-state index in [9.17, 15) is 0 Å². The number of anilines is 3. The van der Waals surface area contributed by atoms with Crippen LogP contribution in [0.25, 0.3) is 11.4 Å². The lowest BCUT2D eigenvalue weighted by Gasteiger charge is -2.36. The molecule has 0 amide bonds. The van der Waals surface area contributed by atoms with Crippen LogP contribution in [-0.4, -0.2) is 47.2 Å². The summed E-state index contributed by atoms with van der Waals surface area (Å²) in [6, 6.07) is 18.7. The summed E-state index contributed by atoms with van der Waals surface area (Å²) in [6.07, 6.45) is 2.90. The summed E-state index contributed by atoms with van der Waals surface area (Å²) in [5, 5.41) is 3.52. The molecular weight excluding hydrogens is 360 g/mol. The molecule has 2 aromatic heterocycles. The van der Waals surface area contributed by atoms with Crippen LogP contribution in [0.3, 0.4) is 0 Å². The van der Waals surface area contributed by atoms with Crippen molar-refractivity contribution in [2.45, 2.75) is 26.3 Å². The molecule has 1 N–H and O–H groups in total. The molecule has 1 atom stereocenters. The first-order valence-corrected chi connectivity index (χ1v) is 10.3. The third kappa shape index (κ3) is 4.65. The standard InChI is InChI=1S/C23H28N6/c1-3-18(2)25-20-17-22(27-23(26-20)19-9-5-4-6-10-19)29-15-13-28(14-16-29)21-11-7-8-12-24-21/h4-12,17-18H,3,13-16H2,1-2H3,(H,25,26,27). The van der Waals surface area contributed by atoms with Gasteiger partial charge in [0.2, 0.25) is 0 Å². The van der Waals surface area contributed by atoms with E-state index in [1.807, 2.05) is 36.5 Å². The van der Waals surface area contributed by atoms with Crippen molar-refractivity contribution in [3.63, 3.8) is 0 Å². The lowest BCUT2D eigenvalue weighted by molar-refractivity contribution is 0.641. The molecule has 29 heavy (non-hydrogen) atoms. The van der Waals surface area contributed by atoms with Crippen molar-refractivity contribution >= 4 is 17.5 Å². The maximum atomic E-state index is 4.90. The zero-order valence-electron chi connectivity index (χ0n) is 17.1. The van der Waals surface area contributed by atoms with Gasteiger partial charge in [0.15, 0.2) is 5.82 Å². The highest BCUT2D eigenvalue weighted by molar-refractivity contribution is 5.62. The third-order valence-corrected chi connectivity index (χ3v) is 5.33. The Morgan fingerprint density at radius 1 is 0.897 bits per heavy atom. The highest BCUT2D eigenvalue weighted by Gasteiger charge is 2.20. The monoisotopic (exact) mass is 388 g/mol. The largest absolute Gasteiger partial charge is 0.367 e. The normalized spacial score (nSPS) is 15.2. The van der Waals surface area contributed by atoms with Crippen molar-refractivity contribution in [1.29, 1.82) is 0 Å². The molecule has 1 fully saturated rings. The van der Waals surface area contributed by atoms with E-state index in [4.69, 9.17) is 9.97 Å². The number of rotatable bonds is 6. The molecular formula is C23H28N6. The summed E-state index contributed by atoms with van der Waals surface area (Å²) < 4.78 is 0. The first kappa shape index (κ1) is 19.2. The van der Waals surface area contributed by atoms with Crippen LogP contribution in [0.5, 0.6) is 0 Å². The van der Waals surface area contributed by atoms with E-state index >= 15 is 0 Å². The lowest BCUT2D eigenvalue weighted by Crippen LogP contribution is -2.47. The summed E-state index contributed by atoms with van der Waals surface area (Å²) in [5.74, 6) is 3.67. The van der Waals surface area contributed by atoms with E-state index in [0.717, 1.165) is 61.4 Å². The van der Waals surface area contributed by atoms with E-state index in [-0.39, 0.29) is 0 Å². The predicted octanol–water partition coefficient (Wildman–Crippen LogP) is 4.08. The van der Waals surface area contributed by atoms with Gasteiger partial charge in [0.25, 0.3) is 0 Å². The van der Waals surface area contributed by atoms with Gasteiger partial charge in [-0.2, -0.15) is 0 Å². The van der Waals surface area contributed by atoms with E-state index < -0.39 is 0 Å². The van der Waals surface area contributed by atoms with Gasteiger partial charge >= 0.3 is 0 Å². The van der Waals surface area contributed by atoms with Crippen molar-refractivity contribution in [3.05, 3.63) is 60.8 Å². The molecule has 1 aliphatic heterocycles. The fraction of sp³-hybridized carbons (Fsp3) is 0.348. The second-order valence-electron chi connectivity index (χ2n) is 7.42. The number of nitrogens with one attached hydrogen (secondary N) is 1. The average Bonchev–Trinajstić information content (AvgIpc) is 2.80. The quantitative estimate of drug-likeness (QED) is 0.687. The number of hydrogen-bond donors (Lipinski definition) is 1. The van der Waals surface area contributed by atoms with Gasteiger partial charge in [-0.15, -0.1) is 0 Å². The molecule has 3 heterocycles. The summed E-state index contributed by atoms with van der Waals surface area (Å²) in [6.45, 7) is 8.02. The number of aromatic nitrogens is 3. The molecule has 1 aliphatic rings. The average molecular weight is 389 g/mol. The molecule has 6 heteroatoms. The molecule has 150 valence electrons. The third-order valence-electron chi connectivity index (χ3n) is 5.33. The predicted molar refractivity (Wildman–Crippen MR) is 120 cm³/mol. The fourth-order valence-corrected chi connectivity index (χ4v) is 3.45. The summed E-state index contributed by atoms with van der Waals surface area (Å²) >= 11 is 0. The van der Waals surface area contributed by atoms with Crippen LogP contribution in [0.1, 0.15) is 20.3 Å². The maximum absolute atomic E-state index is 4.90. The van der Waals surface area contributed by atoms with E-state index in [2.05, 4.69) is 58.2 Å². The van der Waals surface area contributed by atoms with Crippen molar-refractivity contribution in [2.24, 2.45) is 0 Å². The van der Waals surface area contributed by atoms with Crippen molar-refractivity contribution in [2.75, 3.05) is 41.3 Å². The molecule has 0 bridgehead atoms. The van der Waals surface area contributed by atoms with E-state index in [1.54, 1.807) is 0 Å². The van der Waals surface area contributed by atoms with Crippen LogP contribution >= 0.6 is 0 Å². The smallest absolute Gasteiger partial charge is 0.163 e. The topological polar surface area (TPSA) is 57.2 Å². The van der Waals surface area contributed by atoms with Crippen LogP contribution in [-0.2, 0) is 0 Å². The van der Waals surface area contributed by atoms with Crippen LogP contribution in [0.4, 0.5) is 17.5 Å². The van der Waals surface area contributed by atoms with Gasteiger partial charge in [0.05, 0.1) is 0 Å². The summed E-state index contributed by atoms with van der Waals surface area (Å²) in [5.41, 5.74) is 1.04. The second-order valence-corrected chi connectivity index (χ2v) is 7.42. The lowest BCUT2D eigenvalue weighted by atomic mass is 10.2. The Kier molecular flexibility index (Phi) is 5.89. The molecule has 1 unspecified atom stereocenters. The molecule has 3 aromatic rings. The first-order chi connectivity index (χ1) is 14.2. The van der Waals surface area contributed by atoms with Gasteiger partial charge < -0.3 is 15.1 Å². The van der Waals surface area contributed by atoms with Gasteiger partial charge in [0.1, 0.15) is 17.5 Å². The summed E-state index contributed by atoms with van der Waals surface area (Å²) in [7, 11) is 0. The minimum Gasteiger partial charge on any atom is -0.367 e. The zero-order chi connectivity index (χ0) is 20.1. The van der Waals surface area contributed by atoms with Crippen LogP contribution in [0, 0.1) is 0 Å². The van der Waals surface area contributed by atoms with Crippen LogP contribution in [0.15, 0.2) is 60.8 Å². The van der Waals surface area contributed by atoms with Gasteiger partial charge in [-0.25, -0.2) is 15.0 Å². The number of benzene rings is 1. The van der Waals surface area contributed by atoms with Crippen molar-refractivity contribution in [3.8, 4) is 11.4 Å². The minimum atomic E-state index is 0.363. The molecule has 1 saturated heterocycles. The minimum absolute atomic E-state index is 0.363. The molecule has 0 radical (unpaired) electrons. The van der Waals surface area contributed by atoms with Gasteiger partial charge in [-0.05, 0) is 25.5 Å². The number of pyridine rings is 1. The van der Waals surface area contributed by atoms with Gasteiger partial charge in [0, 0.05) is 50.0 Å². The molecule has 4 rings (SSSR count). The van der Waals surface area contributed by atoms with Gasteiger partial charge in [-0.1, -0.05) is 43.3 Å². The van der Waals surface area contributed by atoms with E-state index in [0.29, 0.717) is 6.04 Å². The molecule has 0 aliphatic carbocycles. The molecule has 1 aromatic carbocycles. The number of piperazine rings is 1. The number of hydrogen-bond acceptors (Lipinski definition) is 6. The highest BCUT2D eigenvalue weighted by Crippen LogP contribution is 2.24. The Bertz CT molecular complexity index is 907. The molecule has 0 saturated carbocycles. The van der Waals surface area contributed by atoms with E-state index in [1.165, 1.54) is 0 Å². The van der Waals surface area contributed by atoms with Crippen molar-refractivity contribution < 1.29 is 0 Å². The fourth-order valence-electron chi connectivity index (χ4n) is 3.45. The summed E-state index contributed by atoms with van der Waals surface area (Å²) in [4.78, 5) is 18.8. The number of nitrogens with zero attached hydrogens (tertiary/aromatic N) is 5. The Morgan fingerprint density at radius 2 is 1.59 bits per heavy atom. The van der Waals surface area contributed by atoms with Crippen LogP contribution in [0.2, 0.25) is 0 Å². The Balaban J connectivity index is 1.57. The Morgan fingerprint density at radius 3 is 2.24 bits per heavy atom. The first-order valence-electron chi connectivity index (χ1n) is 10.3. The Labute approximate surface area is 172 Å². The van der Waals surface area contributed by atoms with Crippen molar-refractivity contribution in [1.82, 2.24) is 15.0 Å². The second kappa shape index (κ2) is 8.90. The molecule has 6 nitrogen and oxygen atoms in total.